The highest BCUT2D eigenvalue weighted by Crippen LogP contribution is 2.25. The Kier molecular flexibility index (Phi) is 4.49. The molecule has 0 saturated heterocycles. The average molecular weight is 342 g/mol. The van der Waals surface area contributed by atoms with Gasteiger partial charge in [-0.15, -0.1) is 11.3 Å². The van der Waals surface area contributed by atoms with Gasteiger partial charge in [-0.25, -0.2) is 4.98 Å². The molecule has 0 aliphatic rings. The Morgan fingerprint density at radius 2 is 2.00 bits per heavy atom. The van der Waals surface area contributed by atoms with Gasteiger partial charge in [0, 0.05) is 17.0 Å². The second-order valence-electron chi connectivity index (χ2n) is 5.69. The number of nitrogens with zero attached hydrogens (tertiary/aromatic N) is 2. The molecule has 24 heavy (non-hydrogen) atoms. The maximum Gasteiger partial charge on any atom is 0.305 e. The fraction of sp³-hybridized carbons (Fsp3) is 0.278. The van der Waals surface area contributed by atoms with Crippen molar-refractivity contribution in [2.45, 2.75) is 33.2 Å². The predicted molar refractivity (Wildman–Crippen MR) is 95.7 cm³/mol. The van der Waals surface area contributed by atoms with Crippen LogP contribution in [0.5, 0.6) is 0 Å². The summed E-state index contributed by atoms with van der Waals surface area (Å²) in [5, 5.41) is 9.55. The van der Waals surface area contributed by atoms with E-state index < -0.39 is 5.97 Å². The molecule has 0 saturated carbocycles. The van der Waals surface area contributed by atoms with E-state index in [1.165, 1.54) is 15.9 Å². The number of aromatic nitrogens is 2. The Balaban J connectivity index is 2.23. The first kappa shape index (κ1) is 16.4. The van der Waals surface area contributed by atoms with E-state index in [0.29, 0.717) is 16.0 Å². The monoisotopic (exact) mass is 342 g/mol. The van der Waals surface area contributed by atoms with E-state index in [0.717, 1.165) is 22.4 Å². The van der Waals surface area contributed by atoms with Crippen molar-refractivity contribution < 1.29 is 9.90 Å². The van der Waals surface area contributed by atoms with Gasteiger partial charge in [0.1, 0.15) is 10.7 Å². The zero-order chi connectivity index (χ0) is 17.3. The highest BCUT2D eigenvalue weighted by atomic mass is 32.1. The third kappa shape index (κ3) is 3.10. The van der Waals surface area contributed by atoms with Gasteiger partial charge in [0.25, 0.3) is 5.56 Å². The Hall–Kier alpha value is -2.47. The van der Waals surface area contributed by atoms with E-state index in [1.54, 1.807) is 0 Å². The average Bonchev–Trinajstić information content (AvgIpc) is 2.98. The fourth-order valence-electron chi connectivity index (χ4n) is 2.58. The van der Waals surface area contributed by atoms with Gasteiger partial charge in [0.2, 0.25) is 0 Å². The molecule has 0 fully saturated rings. The molecule has 0 amide bonds. The number of fused-ring (bicyclic) bond motifs is 1. The Labute approximate surface area is 143 Å². The number of hydrogen-bond donors (Lipinski definition) is 1. The van der Waals surface area contributed by atoms with Gasteiger partial charge in [0.05, 0.1) is 11.8 Å². The first-order chi connectivity index (χ1) is 11.5. The van der Waals surface area contributed by atoms with Crippen LogP contribution in [0.15, 0.2) is 35.1 Å². The smallest absolute Gasteiger partial charge is 0.305 e. The summed E-state index contributed by atoms with van der Waals surface area (Å²) < 4.78 is 1.48. The molecule has 6 heteroatoms. The van der Waals surface area contributed by atoms with E-state index in [1.807, 2.05) is 44.2 Å². The standard InChI is InChI=1S/C18H18N2O3S/c1-3-13-10-14-17(24-13)19-16(12-6-4-11(2)5-7-12)20(18(14)23)9-8-15(21)22/h4-7,10H,3,8-9H2,1-2H3,(H,21,22). The highest BCUT2D eigenvalue weighted by Gasteiger charge is 2.16. The Morgan fingerprint density at radius 3 is 2.62 bits per heavy atom. The third-order valence-electron chi connectivity index (χ3n) is 3.91. The van der Waals surface area contributed by atoms with Crippen molar-refractivity contribution in [1.82, 2.24) is 9.55 Å². The third-order valence-corrected chi connectivity index (χ3v) is 5.08. The molecule has 1 N–H and O–H groups in total. The summed E-state index contributed by atoms with van der Waals surface area (Å²) in [6.45, 7) is 4.14. The van der Waals surface area contributed by atoms with Crippen molar-refractivity contribution >= 4 is 27.5 Å². The summed E-state index contributed by atoms with van der Waals surface area (Å²) >= 11 is 1.52. The van der Waals surface area contributed by atoms with Crippen LogP contribution in [0.3, 0.4) is 0 Å². The van der Waals surface area contributed by atoms with Crippen molar-refractivity contribution in [2.75, 3.05) is 0 Å². The van der Waals surface area contributed by atoms with Gasteiger partial charge in [-0.05, 0) is 19.4 Å². The van der Waals surface area contributed by atoms with Crippen molar-refractivity contribution in [1.29, 1.82) is 0 Å². The largest absolute Gasteiger partial charge is 0.481 e. The van der Waals surface area contributed by atoms with Crippen LogP contribution in [0.25, 0.3) is 21.6 Å². The number of rotatable bonds is 5. The van der Waals surface area contributed by atoms with E-state index >= 15 is 0 Å². The molecule has 5 nitrogen and oxygen atoms in total. The molecule has 0 atom stereocenters. The van der Waals surface area contributed by atoms with Gasteiger partial charge in [-0.3, -0.25) is 14.2 Å². The maximum atomic E-state index is 12.9. The van der Waals surface area contributed by atoms with E-state index in [-0.39, 0.29) is 18.5 Å². The van der Waals surface area contributed by atoms with Crippen molar-refractivity contribution in [2.24, 2.45) is 0 Å². The van der Waals surface area contributed by atoms with Crippen molar-refractivity contribution in [3.05, 3.63) is 51.1 Å². The number of aryl methyl sites for hydroxylation is 2. The van der Waals surface area contributed by atoms with Gasteiger partial charge in [-0.1, -0.05) is 36.8 Å². The van der Waals surface area contributed by atoms with E-state index in [2.05, 4.69) is 4.98 Å². The molecular formula is C18H18N2O3S. The van der Waals surface area contributed by atoms with Crippen LogP contribution in [0.1, 0.15) is 23.8 Å². The first-order valence-electron chi connectivity index (χ1n) is 7.81. The van der Waals surface area contributed by atoms with Gasteiger partial charge < -0.3 is 5.11 Å². The van der Waals surface area contributed by atoms with Crippen LogP contribution in [0.2, 0.25) is 0 Å². The summed E-state index contributed by atoms with van der Waals surface area (Å²) in [7, 11) is 0. The van der Waals surface area contributed by atoms with E-state index in [4.69, 9.17) is 5.11 Å². The molecule has 0 radical (unpaired) electrons. The molecular weight excluding hydrogens is 324 g/mol. The van der Waals surface area contributed by atoms with Gasteiger partial charge in [-0.2, -0.15) is 0 Å². The van der Waals surface area contributed by atoms with Crippen molar-refractivity contribution in [3.63, 3.8) is 0 Å². The number of carboxylic acids is 1. The molecule has 0 spiro atoms. The number of carboxylic acid groups (broad SMARTS) is 1. The molecule has 2 heterocycles. The molecule has 2 aromatic heterocycles. The lowest BCUT2D eigenvalue weighted by molar-refractivity contribution is -0.137. The minimum absolute atomic E-state index is 0.109. The zero-order valence-electron chi connectivity index (χ0n) is 13.6. The van der Waals surface area contributed by atoms with Crippen LogP contribution in [-0.2, 0) is 17.8 Å². The summed E-state index contributed by atoms with van der Waals surface area (Å²) in [5.74, 6) is -0.408. The number of aliphatic carboxylic acids is 1. The van der Waals surface area contributed by atoms with Crippen LogP contribution < -0.4 is 5.56 Å². The van der Waals surface area contributed by atoms with Crippen LogP contribution in [0, 0.1) is 6.92 Å². The summed E-state index contributed by atoms with van der Waals surface area (Å²) in [6, 6.07) is 9.60. The summed E-state index contributed by atoms with van der Waals surface area (Å²) in [4.78, 5) is 30.3. The SMILES string of the molecule is CCc1cc2c(=O)n(CCC(=O)O)c(-c3ccc(C)cc3)nc2s1. The lowest BCUT2D eigenvalue weighted by Crippen LogP contribution is -2.24. The second kappa shape index (κ2) is 6.57. The number of carbonyl (C=O) groups is 1. The normalized spacial score (nSPS) is 11.1. The molecule has 1 aromatic carbocycles. The Bertz CT molecular complexity index is 955. The maximum absolute atomic E-state index is 12.9. The molecule has 0 unspecified atom stereocenters. The van der Waals surface area contributed by atoms with E-state index in [9.17, 15) is 9.59 Å². The number of benzene rings is 1. The van der Waals surface area contributed by atoms with Gasteiger partial charge >= 0.3 is 5.97 Å². The van der Waals surface area contributed by atoms with Gasteiger partial charge in [0.15, 0.2) is 0 Å². The molecule has 3 rings (SSSR count). The fourth-order valence-corrected chi connectivity index (χ4v) is 3.54. The molecule has 124 valence electrons. The summed E-state index contributed by atoms with van der Waals surface area (Å²) in [6.07, 6.45) is 0.728. The topological polar surface area (TPSA) is 72.2 Å². The quantitative estimate of drug-likeness (QED) is 0.770. The second-order valence-corrected chi connectivity index (χ2v) is 6.80. The number of hydrogen-bond acceptors (Lipinski definition) is 4. The highest BCUT2D eigenvalue weighted by molar-refractivity contribution is 7.18. The lowest BCUT2D eigenvalue weighted by atomic mass is 10.1. The summed E-state index contributed by atoms with van der Waals surface area (Å²) in [5.41, 5.74) is 1.76. The minimum atomic E-state index is -0.934. The Morgan fingerprint density at radius 1 is 1.29 bits per heavy atom. The lowest BCUT2D eigenvalue weighted by Gasteiger charge is -2.11. The minimum Gasteiger partial charge on any atom is -0.481 e. The van der Waals surface area contributed by atoms with Crippen LogP contribution in [0.4, 0.5) is 0 Å². The first-order valence-corrected chi connectivity index (χ1v) is 8.63. The predicted octanol–water partition coefficient (Wildman–Crippen LogP) is 3.47. The number of thiophene rings is 1. The molecule has 0 aliphatic carbocycles. The van der Waals surface area contributed by atoms with Crippen molar-refractivity contribution in [3.8, 4) is 11.4 Å². The molecule has 0 bridgehead atoms. The van der Waals surface area contributed by atoms with Crippen LogP contribution in [-0.4, -0.2) is 20.6 Å². The zero-order valence-corrected chi connectivity index (χ0v) is 14.4. The van der Waals surface area contributed by atoms with Crippen LogP contribution >= 0.6 is 11.3 Å². The molecule has 3 aromatic rings. The molecule has 0 aliphatic heterocycles.